The van der Waals surface area contributed by atoms with Gasteiger partial charge in [-0.3, -0.25) is 4.79 Å². The van der Waals surface area contributed by atoms with Crippen molar-refractivity contribution < 1.29 is 23.9 Å². The zero-order chi connectivity index (χ0) is 14.8. The zero-order valence-corrected chi connectivity index (χ0v) is 11.0. The van der Waals surface area contributed by atoms with Crippen LogP contribution in [0.15, 0.2) is 30.3 Å². The summed E-state index contributed by atoms with van der Waals surface area (Å²) in [6, 6.07) is 8.11. The maximum absolute atomic E-state index is 11.6. The van der Waals surface area contributed by atoms with Crippen molar-refractivity contribution in [2.24, 2.45) is 0 Å². The lowest BCUT2D eigenvalue weighted by Gasteiger charge is -2.15. The highest BCUT2D eigenvalue weighted by atomic mass is 16.6. The maximum atomic E-state index is 11.6. The molecule has 0 aliphatic heterocycles. The Morgan fingerprint density at radius 2 is 2.00 bits per heavy atom. The van der Waals surface area contributed by atoms with Crippen LogP contribution in [0.5, 0.6) is 0 Å². The molecule has 0 radical (unpaired) electrons. The van der Waals surface area contributed by atoms with Crippen LogP contribution >= 0.6 is 0 Å². The van der Waals surface area contributed by atoms with Gasteiger partial charge in [-0.15, -0.1) is 0 Å². The number of ether oxygens (including phenoxy) is 2. The van der Waals surface area contributed by atoms with E-state index in [-0.39, 0.29) is 13.2 Å². The Morgan fingerprint density at radius 1 is 1.30 bits per heavy atom. The van der Waals surface area contributed by atoms with Crippen molar-refractivity contribution >= 4 is 18.5 Å². The Morgan fingerprint density at radius 3 is 2.60 bits per heavy atom. The van der Waals surface area contributed by atoms with E-state index in [0.29, 0.717) is 6.41 Å². The highest BCUT2D eigenvalue weighted by Crippen LogP contribution is 2.00. The molecule has 0 heterocycles. The summed E-state index contributed by atoms with van der Waals surface area (Å²) >= 11 is 0. The van der Waals surface area contributed by atoms with Crippen LogP contribution in [-0.4, -0.2) is 38.2 Å². The predicted molar refractivity (Wildman–Crippen MR) is 69.6 cm³/mol. The first-order valence-electron chi connectivity index (χ1n) is 5.89. The molecule has 1 unspecified atom stereocenters. The van der Waals surface area contributed by atoms with Gasteiger partial charge in [0.05, 0.1) is 7.11 Å². The van der Waals surface area contributed by atoms with Crippen LogP contribution in [0.1, 0.15) is 5.56 Å². The monoisotopic (exact) mass is 280 g/mol. The molecule has 108 valence electrons. The maximum Gasteiger partial charge on any atom is 0.408 e. The van der Waals surface area contributed by atoms with Gasteiger partial charge in [-0.2, -0.15) is 0 Å². The minimum absolute atomic E-state index is 0.0728. The zero-order valence-electron chi connectivity index (χ0n) is 11.0. The van der Waals surface area contributed by atoms with Gasteiger partial charge < -0.3 is 20.1 Å². The number of rotatable bonds is 7. The first kappa shape index (κ1) is 15.5. The number of esters is 1. The minimum atomic E-state index is -0.992. The Labute approximate surface area is 116 Å². The first-order valence-corrected chi connectivity index (χ1v) is 5.89. The molecule has 0 aliphatic carbocycles. The van der Waals surface area contributed by atoms with Crippen LogP contribution in [-0.2, 0) is 25.7 Å². The molecule has 0 spiro atoms. The largest absolute Gasteiger partial charge is 0.467 e. The number of carbonyl (C=O) groups is 3. The number of methoxy groups -OCH3 is 1. The van der Waals surface area contributed by atoms with E-state index < -0.39 is 18.1 Å². The Balaban J connectivity index is 2.44. The summed E-state index contributed by atoms with van der Waals surface area (Å²) in [5.41, 5.74) is 0.822. The van der Waals surface area contributed by atoms with Gasteiger partial charge in [0.25, 0.3) is 0 Å². The van der Waals surface area contributed by atoms with Crippen molar-refractivity contribution in [3.63, 3.8) is 0 Å². The molecule has 1 aromatic rings. The number of alkyl carbamates (subject to hydrolysis) is 1. The lowest BCUT2D eigenvalue weighted by atomic mass is 10.2. The molecular weight excluding hydrogens is 264 g/mol. The van der Waals surface area contributed by atoms with E-state index in [1.807, 2.05) is 18.2 Å². The third kappa shape index (κ3) is 5.38. The highest BCUT2D eigenvalue weighted by molar-refractivity contribution is 5.81. The van der Waals surface area contributed by atoms with Crippen molar-refractivity contribution in [2.45, 2.75) is 12.6 Å². The van der Waals surface area contributed by atoms with Crippen molar-refractivity contribution in [1.82, 2.24) is 10.6 Å². The van der Waals surface area contributed by atoms with Crippen LogP contribution in [0.3, 0.4) is 0 Å². The van der Waals surface area contributed by atoms with Crippen LogP contribution in [0.25, 0.3) is 0 Å². The van der Waals surface area contributed by atoms with E-state index in [4.69, 9.17) is 4.74 Å². The van der Waals surface area contributed by atoms with Gasteiger partial charge in [-0.05, 0) is 5.56 Å². The molecule has 0 aromatic heterocycles. The summed E-state index contributed by atoms with van der Waals surface area (Å²) in [6.07, 6.45) is -0.343. The SMILES string of the molecule is COC(=O)C(CNC=O)NC(=O)OCc1ccccc1. The molecule has 7 nitrogen and oxygen atoms in total. The Hall–Kier alpha value is -2.57. The van der Waals surface area contributed by atoms with Gasteiger partial charge >= 0.3 is 12.1 Å². The lowest BCUT2D eigenvalue weighted by Crippen LogP contribution is -2.47. The van der Waals surface area contributed by atoms with Gasteiger partial charge in [-0.25, -0.2) is 9.59 Å². The molecule has 2 amide bonds. The van der Waals surface area contributed by atoms with Crippen molar-refractivity contribution in [1.29, 1.82) is 0 Å². The van der Waals surface area contributed by atoms with E-state index in [0.717, 1.165) is 5.56 Å². The van der Waals surface area contributed by atoms with Gasteiger partial charge in [0.2, 0.25) is 6.41 Å². The first-order chi connectivity index (χ1) is 9.67. The summed E-state index contributed by atoms with van der Waals surface area (Å²) < 4.78 is 9.47. The molecular formula is C13H16N2O5. The topological polar surface area (TPSA) is 93.7 Å². The van der Waals surface area contributed by atoms with Gasteiger partial charge in [0, 0.05) is 6.54 Å². The summed E-state index contributed by atoms with van der Waals surface area (Å²) in [5, 5.41) is 4.61. The third-order valence-electron chi connectivity index (χ3n) is 2.40. The number of carbonyl (C=O) groups excluding carboxylic acids is 3. The fourth-order valence-electron chi connectivity index (χ4n) is 1.41. The second-order valence-corrected chi connectivity index (χ2v) is 3.81. The average molecular weight is 280 g/mol. The van der Waals surface area contributed by atoms with Crippen LogP contribution < -0.4 is 10.6 Å². The second-order valence-electron chi connectivity index (χ2n) is 3.81. The predicted octanol–water partition coefficient (Wildman–Crippen LogP) is 0.200. The summed E-state index contributed by atoms with van der Waals surface area (Å²) in [6.45, 7) is 0.0122. The average Bonchev–Trinajstić information content (AvgIpc) is 2.49. The van der Waals surface area contributed by atoms with E-state index in [1.165, 1.54) is 7.11 Å². The van der Waals surface area contributed by atoms with E-state index in [2.05, 4.69) is 15.4 Å². The quantitative estimate of drug-likeness (QED) is 0.549. The van der Waals surface area contributed by atoms with Crippen molar-refractivity contribution in [2.75, 3.05) is 13.7 Å². The molecule has 20 heavy (non-hydrogen) atoms. The standard InChI is InChI=1S/C13H16N2O5/c1-19-12(17)11(7-14-9-16)15-13(18)20-8-10-5-3-2-4-6-10/h2-6,9,11H,7-8H2,1H3,(H,14,16)(H,15,18). The van der Waals surface area contributed by atoms with Crippen LogP contribution in [0.4, 0.5) is 4.79 Å². The van der Waals surface area contributed by atoms with E-state index >= 15 is 0 Å². The van der Waals surface area contributed by atoms with Gasteiger partial charge in [-0.1, -0.05) is 30.3 Å². The van der Waals surface area contributed by atoms with E-state index in [9.17, 15) is 14.4 Å². The smallest absolute Gasteiger partial charge is 0.408 e. The van der Waals surface area contributed by atoms with Gasteiger partial charge in [0.15, 0.2) is 0 Å². The van der Waals surface area contributed by atoms with Crippen molar-refractivity contribution in [3.8, 4) is 0 Å². The van der Waals surface area contributed by atoms with Gasteiger partial charge in [0.1, 0.15) is 12.6 Å². The molecule has 0 saturated carbocycles. The van der Waals surface area contributed by atoms with Crippen LogP contribution in [0, 0.1) is 0 Å². The summed E-state index contributed by atoms with van der Waals surface area (Å²) in [5.74, 6) is -0.670. The number of amides is 2. The fraction of sp³-hybridized carbons (Fsp3) is 0.308. The second kappa shape index (κ2) is 8.52. The number of nitrogens with one attached hydrogen (secondary N) is 2. The molecule has 7 heteroatoms. The molecule has 1 aromatic carbocycles. The number of benzene rings is 1. The molecule has 1 rings (SSSR count). The summed E-state index contributed by atoms with van der Waals surface area (Å²) in [4.78, 5) is 33.1. The summed E-state index contributed by atoms with van der Waals surface area (Å²) in [7, 11) is 1.19. The Bertz CT molecular complexity index is 449. The molecule has 0 fully saturated rings. The number of hydrogen-bond donors (Lipinski definition) is 2. The van der Waals surface area contributed by atoms with E-state index in [1.54, 1.807) is 12.1 Å². The highest BCUT2D eigenvalue weighted by Gasteiger charge is 2.21. The fourth-order valence-corrected chi connectivity index (χ4v) is 1.41. The van der Waals surface area contributed by atoms with Crippen LogP contribution in [0.2, 0.25) is 0 Å². The molecule has 0 aliphatic rings. The normalized spacial score (nSPS) is 11.1. The molecule has 0 bridgehead atoms. The van der Waals surface area contributed by atoms with Crippen molar-refractivity contribution in [3.05, 3.63) is 35.9 Å². The molecule has 2 N–H and O–H groups in total. The molecule has 0 saturated heterocycles. The third-order valence-corrected chi connectivity index (χ3v) is 2.40. The molecule has 1 atom stereocenters. The Kier molecular flexibility index (Phi) is 6.60. The number of hydrogen-bond acceptors (Lipinski definition) is 5. The lowest BCUT2D eigenvalue weighted by molar-refractivity contribution is -0.142. The minimum Gasteiger partial charge on any atom is -0.467 e.